The van der Waals surface area contributed by atoms with Gasteiger partial charge in [0.2, 0.25) is 0 Å². The van der Waals surface area contributed by atoms with Gasteiger partial charge in [0.05, 0.1) is 25.4 Å². The number of hydrogen-bond acceptors (Lipinski definition) is 4. The van der Waals surface area contributed by atoms with Crippen LogP contribution in [0, 0.1) is 0 Å². The van der Waals surface area contributed by atoms with Gasteiger partial charge < -0.3 is 25.1 Å². The highest BCUT2D eigenvalue weighted by molar-refractivity contribution is 5.76. The lowest BCUT2D eigenvalue weighted by atomic mass is 9.93. The molecule has 206 valence electrons. The Bertz CT molecular complexity index is 1360. The molecule has 1 saturated heterocycles. The molecule has 4 aromatic rings. The van der Waals surface area contributed by atoms with E-state index in [0.717, 1.165) is 33.4 Å². The van der Waals surface area contributed by atoms with Crippen LogP contribution in [0.5, 0.6) is 0 Å². The molecule has 6 nitrogen and oxygen atoms in total. The first-order chi connectivity index (χ1) is 19.6. The van der Waals surface area contributed by atoms with Crippen LogP contribution in [-0.4, -0.2) is 43.3 Å². The molecule has 3 N–H and O–H groups in total. The van der Waals surface area contributed by atoms with E-state index in [2.05, 4.69) is 12.1 Å². The maximum absolute atomic E-state index is 14.6. The highest BCUT2D eigenvalue weighted by atomic mass is 16.3. The third-order valence-corrected chi connectivity index (χ3v) is 7.72. The van der Waals surface area contributed by atoms with Gasteiger partial charge in [0.15, 0.2) is 0 Å². The zero-order chi connectivity index (χ0) is 27.9. The van der Waals surface area contributed by atoms with Crippen LogP contribution in [0.2, 0.25) is 0 Å². The van der Waals surface area contributed by atoms with Crippen molar-refractivity contribution in [2.24, 2.45) is 0 Å². The Labute approximate surface area is 235 Å². The molecule has 1 aliphatic heterocycles. The molecule has 40 heavy (non-hydrogen) atoms. The SMILES string of the molecule is O=C1N(Cc2ccc(CO)cc2)C(c2ccccc2)C(O)C[C@@H](Cc2ccccc2)N1Cc1ccc(CO)cc1. The predicted octanol–water partition coefficient (Wildman–Crippen LogP) is 5.21. The Morgan fingerprint density at radius 3 is 1.60 bits per heavy atom. The first kappa shape index (κ1) is 27.6. The molecule has 0 aromatic heterocycles. The van der Waals surface area contributed by atoms with Gasteiger partial charge in [-0.1, -0.05) is 109 Å². The van der Waals surface area contributed by atoms with Gasteiger partial charge in [-0.15, -0.1) is 0 Å². The topological polar surface area (TPSA) is 84.2 Å². The van der Waals surface area contributed by atoms with Gasteiger partial charge >= 0.3 is 6.03 Å². The van der Waals surface area contributed by atoms with Crippen molar-refractivity contribution in [2.75, 3.05) is 0 Å². The number of rotatable bonds is 9. The van der Waals surface area contributed by atoms with Gasteiger partial charge in [-0.25, -0.2) is 4.79 Å². The molecular weight excluding hydrogens is 500 g/mol. The zero-order valence-corrected chi connectivity index (χ0v) is 22.5. The first-order valence-electron chi connectivity index (χ1n) is 13.8. The summed E-state index contributed by atoms with van der Waals surface area (Å²) in [5.41, 5.74) is 5.51. The molecule has 0 bridgehead atoms. The molecule has 2 unspecified atom stereocenters. The van der Waals surface area contributed by atoms with Crippen molar-refractivity contribution in [3.8, 4) is 0 Å². The molecule has 3 atom stereocenters. The summed E-state index contributed by atoms with van der Waals surface area (Å²) < 4.78 is 0. The number of carbonyl (C=O) groups excluding carboxylic acids is 1. The van der Waals surface area contributed by atoms with E-state index >= 15 is 0 Å². The summed E-state index contributed by atoms with van der Waals surface area (Å²) in [7, 11) is 0. The third-order valence-electron chi connectivity index (χ3n) is 7.72. The molecule has 1 heterocycles. The number of carbonyl (C=O) groups is 1. The van der Waals surface area contributed by atoms with Crippen molar-refractivity contribution in [1.29, 1.82) is 0 Å². The molecule has 4 aromatic carbocycles. The van der Waals surface area contributed by atoms with Crippen LogP contribution in [-0.2, 0) is 32.7 Å². The van der Waals surface area contributed by atoms with E-state index in [-0.39, 0.29) is 25.3 Å². The molecule has 1 aliphatic rings. The Morgan fingerprint density at radius 1 is 0.600 bits per heavy atom. The second-order valence-electron chi connectivity index (χ2n) is 10.5. The fraction of sp³-hybridized carbons (Fsp3) is 0.265. The lowest BCUT2D eigenvalue weighted by Crippen LogP contribution is -2.46. The molecule has 0 radical (unpaired) electrons. The number of benzene rings is 4. The largest absolute Gasteiger partial charge is 0.392 e. The molecule has 0 aliphatic carbocycles. The van der Waals surface area contributed by atoms with Gasteiger partial charge in [0, 0.05) is 19.1 Å². The van der Waals surface area contributed by atoms with Crippen LogP contribution >= 0.6 is 0 Å². The fourth-order valence-electron chi connectivity index (χ4n) is 5.57. The van der Waals surface area contributed by atoms with E-state index in [1.165, 1.54) is 0 Å². The number of amides is 2. The Hall–Kier alpha value is -3.97. The van der Waals surface area contributed by atoms with Gasteiger partial charge in [-0.2, -0.15) is 0 Å². The van der Waals surface area contributed by atoms with E-state index in [0.29, 0.717) is 25.9 Å². The third kappa shape index (κ3) is 6.42. The second-order valence-corrected chi connectivity index (χ2v) is 10.5. The lowest BCUT2D eigenvalue weighted by Gasteiger charge is -2.36. The van der Waals surface area contributed by atoms with Crippen LogP contribution in [0.1, 0.15) is 45.8 Å². The molecule has 6 heteroatoms. The van der Waals surface area contributed by atoms with E-state index in [9.17, 15) is 20.1 Å². The molecular formula is C34H36N2O4. The van der Waals surface area contributed by atoms with Crippen molar-refractivity contribution in [3.05, 3.63) is 143 Å². The minimum Gasteiger partial charge on any atom is -0.392 e. The standard InChI is InChI=1S/C34H36N2O4/c37-23-28-15-11-26(12-16-28)21-35-31(19-25-7-3-1-4-8-25)20-32(39)33(30-9-5-2-6-10-30)36(34(35)40)22-27-13-17-29(24-38)18-14-27/h1-18,31-33,37-39H,19-24H2/t31-,32?,33?/m1/s1. The fourth-order valence-corrected chi connectivity index (χ4v) is 5.57. The quantitative estimate of drug-likeness (QED) is 0.274. The summed E-state index contributed by atoms with van der Waals surface area (Å²) >= 11 is 0. The second kappa shape index (κ2) is 12.9. The van der Waals surface area contributed by atoms with Crippen molar-refractivity contribution in [3.63, 3.8) is 0 Å². The average Bonchev–Trinajstić information content (AvgIpc) is 3.09. The summed E-state index contributed by atoms with van der Waals surface area (Å²) in [5.74, 6) is 0. The Kier molecular flexibility index (Phi) is 8.91. The van der Waals surface area contributed by atoms with Gasteiger partial charge in [-0.3, -0.25) is 0 Å². The Balaban J connectivity index is 1.55. The maximum Gasteiger partial charge on any atom is 0.321 e. The minimum absolute atomic E-state index is 0.0344. The van der Waals surface area contributed by atoms with Crippen LogP contribution in [0.25, 0.3) is 0 Å². The average molecular weight is 537 g/mol. The number of urea groups is 1. The molecule has 1 fully saturated rings. The van der Waals surface area contributed by atoms with E-state index in [1.807, 2.05) is 102 Å². The van der Waals surface area contributed by atoms with Crippen LogP contribution < -0.4 is 0 Å². The number of aliphatic hydroxyl groups excluding tert-OH is 3. The summed E-state index contributed by atoms with van der Waals surface area (Å²) in [5, 5.41) is 30.8. The minimum atomic E-state index is -0.779. The van der Waals surface area contributed by atoms with E-state index < -0.39 is 12.1 Å². The van der Waals surface area contributed by atoms with E-state index in [4.69, 9.17) is 0 Å². The molecule has 0 spiro atoms. The van der Waals surface area contributed by atoms with Crippen molar-refractivity contribution in [1.82, 2.24) is 9.80 Å². The summed E-state index contributed by atoms with van der Waals surface area (Å²) in [4.78, 5) is 18.3. The smallest absolute Gasteiger partial charge is 0.321 e. The van der Waals surface area contributed by atoms with Crippen molar-refractivity contribution >= 4 is 6.03 Å². The van der Waals surface area contributed by atoms with Gasteiger partial charge in [0.25, 0.3) is 0 Å². The van der Waals surface area contributed by atoms with Crippen LogP contribution in [0.4, 0.5) is 4.79 Å². The normalized spacial score (nSPS) is 19.5. The molecule has 5 rings (SSSR count). The van der Waals surface area contributed by atoms with Crippen LogP contribution in [0.3, 0.4) is 0 Å². The van der Waals surface area contributed by atoms with E-state index in [1.54, 1.807) is 4.90 Å². The number of hydrogen-bond donors (Lipinski definition) is 3. The summed E-state index contributed by atoms with van der Waals surface area (Å²) in [6.07, 6.45) is 0.270. The molecule has 0 saturated carbocycles. The van der Waals surface area contributed by atoms with Gasteiger partial charge in [-0.05, 0) is 46.2 Å². The summed E-state index contributed by atoms with van der Waals surface area (Å²) in [6.45, 7) is 0.626. The van der Waals surface area contributed by atoms with Crippen molar-refractivity contribution in [2.45, 2.75) is 57.3 Å². The van der Waals surface area contributed by atoms with Crippen molar-refractivity contribution < 1.29 is 20.1 Å². The zero-order valence-electron chi connectivity index (χ0n) is 22.5. The predicted molar refractivity (Wildman–Crippen MR) is 155 cm³/mol. The maximum atomic E-state index is 14.6. The van der Waals surface area contributed by atoms with Gasteiger partial charge in [0.1, 0.15) is 0 Å². The Morgan fingerprint density at radius 2 is 1.07 bits per heavy atom. The summed E-state index contributed by atoms with van der Waals surface area (Å²) in [6, 6.07) is 34.2. The lowest BCUT2D eigenvalue weighted by molar-refractivity contribution is 0.0656. The number of aliphatic hydroxyl groups is 3. The monoisotopic (exact) mass is 536 g/mol. The molecule has 2 amide bonds. The highest BCUT2D eigenvalue weighted by Gasteiger charge is 2.41. The van der Waals surface area contributed by atoms with Crippen LogP contribution in [0.15, 0.2) is 109 Å². The number of nitrogens with zero attached hydrogens (tertiary/aromatic N) is 2. The highest BCUT2D eigenvalue weighted by Crippen LogP contribution is 2.35. The first-order valence-corrected chi connectivity index (χ1v) is 13.8.